The Balaban J connectivity index is 1.43. The van der Waals surface area contributed by atoms with Crippen molar-refractivity contribution in [2.75, 3.05) is 52.4 Å². The molecule has 0 radical (unpaired) electrons. The Bertz CT molecular complexity index is 1200. The molecule has 1 aromatic heterocycles. The quantitative estimate of drug-likeness (QED) is 0.530. The molecular weight excluding hydrogens is 436 g/mol. The number of ether oxygens (including phenoxy) is 3. The molecule has 1 amide bonds. The van der Waals surface area contributed by atoms with Gasteiger partial charge in [0.1, 0.15) is 12.3 Å². The summed E-state index contributed by atoms with van der Waals surface area (Å²) in [5.41, 5.74) is 2.09. The Labute approximate surface area is 198 Å². The molecule has 0 saturated carbocycles. The first-order valence-corrected chi connectivity index (χ1v) is 11.0. The summed E-state index contributed by atoms with van der Waals surface area (Å²) in [5.74, 6) is 1.84. The lowest BCUT2D eigenvalue weighted by molar-refractivity contribution is -0.132. The van der Waals surface area contributed by atoms with Crippen LogP contribution >= 0.6 is 0 Å². The van der Waals surface area contributed by atoms with Crippen LogP contribution in [0.25, 0.3) is 11.3 Å². The summed E-state index contributed by atoms with van der Waals surface area (Å²) in [5, 5.41) is 4.43. The van der Waals surface area contributed by atoms with Gasteiger partial charge in [0.25, 0.3) is 5.56 Å². The summed E-state index contributed by atoms with van der Waals surface area (Å²) < 4.78 is 17.1. The number of piperazine rings is 1. The Hall–Kier alpha value is -4.01. The minimum atomic E-state index is -0.325. The summed E-state index contributed by atoms with van der Waals surface area (Å²) >= 11 is 0. The molecule has 0 bridgehead atoms. The number of anilines is 1. The van der Waals surface area contributed by atoms with Gasteiger partial charge in [-0.2, -0.15) is 5.10 Å². The maximum absolute atomic E-state index is 12.9. The molecule has 0 spiro atoms. The van der Waals surface area contributed by atoms with Crippen LogP contribution in [0.5, 0.6) is 17.2 Å². The predicted molar refractivity (Wildman–Crippen MR) is 129 cm³/mol. The lowest BCUT2D eigenvalue weighted by Gasteiger charge is -2.36. The van der Waals surface area contributed by atoms with Gasteiger partial charge in [0, 0.05) is 43.5 Å². The number of hydrogen-bond acceptors (Lipinski definition) is 7. The molecule has 34 heavy (non-hydrogen) atoms. The third kappa shape index (κ3) is 4.98. The highest BCUT2D eigenvalue weighted by Crippen LogP contribution is 2.31. The number of hydrogen-bond donors (Lipinski definition) is 0. The minimum absolute atomic E-state index is 0.109. The normalized spacial score (nSPS) is 13.5. The zero-order valence-electron chi connectivity index (χ0n) is 19.6. The van der Waals surface area contributed by atoms with Gasteiger partial charge in [-0.15, -0.1) is 0 Å². The number of rotatable bonds is 7. The Morgan fingerprint density at radius 1 is 0.853 bits per heavy atom. The van der Waals surface area contributed by atoms with Gasteiger partial charge in [-0.1, -0.05) is 0 Å². The summed E-state index contributed by atoms with van der Waals surface area (Å²) in [6.45, 7) is 2.48. The van der Waals surface area contributed by atoms with Crippen LogP contribution in [-0.4, -0.2) is 68.1 Å². The van der Waals surface area contributed by atoms with Gasteiger partial charge in [-0.25, -0.2) is 4.68 Å². The second kappa shape index (κ2) is 10.3. The average Bonchev–Trinajstić information content (AvgIpc) is 2.89. The van der Waals surface area contributed by atoms with Crippen LogP contribution in [0.2, 0.25) is 0 Å². The molecule has 1 aliphatic heterocycles. The summed E-state index contributed by atoms with van der Waals surface area (Å²) in [6.07, 6.45) is 0. The summed E-state index contributed by atoms with van der Waals surface area (Å²) in [6, 6.07) is 16.3. The summed E-state index contributed by atoms with van der Waals surface area (Å²) in [7, 11) is 4.77. The van der Waals surface area contributed by atoms with E-state index in [1.807, 2.05) is 30.3 Å². The molecule has 2 heterocycles. The number of nitrogens with zero attached hydrogens (tertiary/aromatic N) is 4. The number of benzene rings is 2. The van der Waals surface area contributed by atoms with E-state index in [4.69, 9.17) is 14.2 Å². The first-order valence-electron chi connectivity index (χ1n) is 11.0. The van der Waals surface area contributed by atoms with E-state index in [0.717, 1.165) is 17.0 Å². The van der Waals surface area contributed by atoms with Crippen LogP contribution in [0.3, 0.4) is 0 Å². The van der Waals surface area contributed by atoms with Gasteiger partial charge in [0.05, 0.1) is 27.0 Å². The van der Waals surface area contributed by atoms with Crippen molar-refractivity contribution in [1.29, 1.82) is 0 Å². The van der Waals surface area contributed by atoms with Crippen molar-refractivity contribution in [3.05, 3.63) is 65.0 Å². The fourth-order valence-corrected chi connectivity index (χ4v) is 3.95. The van der Waals surface area contributed by atoms with Gasteiger partial charge in [-0.3, -0.25) is 9.59 Å². The first kappa shape index (κ1) is 23.2. The Morgan fingerprint density at radius 3 is 2.21 bits per heavy atom. The van der Waals surface area contributed by atoms with Crippen LogP contribution in [0.15, 0.2) is 59.4 Å². The second-order valence-electron chi connectivity index (χ2n) is 7.85. The fraction of sp³-hybridized carbons (Fsp3) is 0.320. The number of methoxy groups -OCH3 is 3. The van der Waals surface area contributed by atoms with E-state index in [1.54, 1.807) is 44.4 Å². The molecule has 4 rings (SSSR count). The average molecular weight is 465 g/mol. The highest BCUT2D eigenvalue weighted by molar-refractivity contribution is 5.76. The van der Waals surface area contributed by atoms with Crippen molar-refractivity contribution in [1.82, 2.24) is 14.7 Å². The third-order valence-corrected chi connectivity index (χ3v) is 5.90. The molecule has 9 heteroatoms. The standard InChI is InChI=1S/C25H28N4O5/c1-32-20-7-5-19(6-8-20)27-12-14-28(15-13-27)25(31)17-29-24(30)11-9-21(26-29)18-4-10-22(33-2)23(16-18)34-3/h4-11,16H,12-15,17H2,1-3H3. The SMILES string of the molecule is COc1ccc(N2CCN(C(=O)Cn3nc(-c4ccc(OC)c(OC)c4)ccc3=O)CC2)cc1. The highest BCUT2D eigenvalue weighted by atomic mass is 16.5. The van der Waals surface area contributed by atoms with E-state index in [0.29, 0.717) is 43.4 Å². The zero-order chi connectivity index (χ0) is 24.1. The molecule has 0 aliphatic carbocycles. The highest BCUT2D eigenvalue weighted by Gasteiger charge is 2.22. The molecule has 1 saturated heterocycles. The molecule has 1 aliphatic rings. The predicted octanol–water partition coefficient (Wildman–Crippen LogP) is 2.28. The summed E-state index contributed by atoms with van der Waals surface area (Å²) in [4.78, 5) is 29.3. The van der Waals surface area contributed by atoms with E-state index < -0.39 is 0 Å². The molecule has 0 unspecified atom stereocenters. The topological polar surface area (TPSA) is 86.1 Å². The lowest BCUT2D eigenvalue weighted by Crippen LogP contribution is -2.50. The van der Waals surface area contributed by atoms with Crippen molar-refractivity contribution < 1.29 is 19.0 Å². The van der Waals surface area contributed by atoms with Gasteiger partial charge in [0.2, 0.25) is 5.91 Å². The van der Waals surface area contributed by atoms with E-state index >= 15 is 0 Å². The van der Waals surface area contributed by atoms with Crippen molar-refractivity contribution in [3.63, 3.8) is 0 Å². The van der Waals surface area contributed by atoms with Crippen molar-refractivity contribution in [2.45, 2.75) is 6.54 Å². The smallest absolute Gasteiger partial charge is 0.267 e. The van der Waals surface area contributed by atoms with Crippen molar-refractivity contribution in [3.8, 4) is 28.5 Å². The van der Waals surface area contributed by atoms with E-state index in [1.165, 1.54) is 10.7 Å². The molecule has 178 valence electrons. The van der Waals surface area contributed by atoms with E-state index in [2.05, 4.69) is 10.00 Å². The number of carbonyl (C=O) groups excluding carboxylic acids is 1. The minimum Gasteiger partial charge on any atom is -0.497 e. The zero-order valence-corrected chi connectivity index (χ0v) is 19.6. The molecule has 2 aromatic carbocycles. The largest absolute Gasteiger partial charge is 0.497 e. The van der Waals surface area contributed by atoms with E-state index in [9.17, 15) is 9.59 Å². The van der Waals surface area contributed by atoms with Gasteiger partial charge < -0.3 is 24.0 Å². The molecule has 0 atom stereocenters. The van der Waals surface area contributed by atoms with Gasteiger partial charge in [-0.05, 0) is 48.5 Å². The maximum atomic E-state index is 12.9. The maximum Gasteiger partial charge on any atom is 0.267 e. The number of amides is 1. The fourth-order valence-electron chi connectivity index (χ4n) is 3.95. The van der Waals surface area contributed by atoms with Crippen molar-refractivity contribution in [2.24, 2.45) is 0 Å². The van der Waals surface area contributed by atoms with Gasteiger partial charge in [0.15, 0.2) is 11.5 Å². The van der Waals surface area contributed by atoms with E-state index in [-0.39, 0.29) is 18.0 Å². The molecule has 3 aromatic rings. The second-order valence-corrected chi connectivity index (χ2v) is 7.85. The first-order chi connectivity index (χ1) is 16.5. The van der Waals surface area contributed by atoms with Crippen LogP contribution < -0.4 is 24.7 Å². The lowest BCUT2D eigenvalue weighted by atomic mass is 10.1. The van der Waals surface area contributed by atoms with Crippen LogP contribution in [-0.2, 0) is 11.3 Å². The molecule has 1 fully saturated rings. The molecule has 9 nitrogen and oxygen atoms in total. The van der Waals surface area contributed by atoms with Gasteiger partial charge >= 0.3 is 0 Å². The van der Waals surface area contributed by atoms with Crippen LogP contribution in [0.1, 0.15) is 0 Å². The van der Waals surface area contributed by atoms with Crippen LogP contribution in [0, 0.1) is 0 Å². The number of carbonyl (C=O) groups is 1. The molecule has 0 N–H and O–H groups in total. The Kier molecular flexibility index (Phi) is 7.01. The monoisotopic (exact) mass is 464 g/mol. The third-order valence-electron chi connectivity index (χ3n) is 5.90. The number of aromatic nitrogens is 2. The molecular formula is C25H28N4O5. The Morgan fingerprint density at radius 2 is 1.56 bits per heavy atom. The van der Waals surface area contributed by atoms with Crippen molar-refractivity contribution >= 4 is 11.6 Å². The van der Waals surface area contributed by atoms with Crippen LogP contribution in [0.4, 0.5) is 5.69 Å².